The van der Waals surface area contributed by atoms with Crippen LogP contribution in [0.25, 0.3) is 11.3 Å². The highest BCUT2D eigenvalue weighted by molar-refractivity contribution is 5.87. The van der Waals surface area contributed by atoms with E-state index in [-0.39, 0.29) is 22.7 Å². The molecule has 0 aliphatic heterocycles. The predicted octanol–water partition coefficient (Wildman–Crippen LogP) is 2.81. The fourth-order valence-corrected chi connectivity index (χ4v) is 1.87. The number of benzene rings is 1. The molecule has 8 heteroatoms. The SMILES string of the molecule is COc1cc(-c2cc(C(=O)O)nn2C)cc(C(F)(F)F)c1. The highest BCUT2D eigenvalue weighted by Gasteiger charge is 2.32. The number of aromatic nitrogens is 2. The lowest BCUT2D eigenvalue weighted by atomic mass is 10.1. The summed E-state index contributed by atoms with van der Waals surface area (Å²) in [6.45, 7) is 0. The van der Waals surface area contributed by atoms with Crippen LogP contribution in [0.5, 0.6) is 5.75 Å². The molecule has 2 aromatic rings. The maximum atomic E-state index is 12.9. The van der Waals surface area contributed by atoms with Crippen molar-refractivity contribution in [3.63, 3.8) is 0 Å². The first kappa shape index (κ1) is 14.9. The number of aromatic carboxylic acids is 1. The molecule has 1 heterocycles. The number of methoxy groups -OCH3 is 1. The molecule has 0 aliphatic rings. The second kappa shape index (κ2) is 5.12. The van der Waals surface area contributed by atoms with Crippen LogP contribution in [0.3, 0.4) is 0 Å². The molecular weight excluding hydrogens is 289 g/mol. The predicted molar refractivity (Wildman–Crippen MR) is 67.2 cm³/mol. The Morgan fingerprint density at radius 2 is 1.95 bits per heavy atom. The van der Waals surface area contributed by atoms with Crippen molar-refractivity contribution in [1.29, 1.82) is 0 Å². The maximum Gasteiger partial charge on any atom is 0.416 e. The molecule has 1 aromatic carbocycles. The van der Waals surface area contributed by atoms with Gasteiger partial charge in [-0.15, -0.1) is 0 Å². The number of carboxylic acids is 1. The molecule has 21 heavy (non-hydrogen) atoms. The summed E-state index contributed by atoms with van der Waals surface area (Å²) in [6.07, 6.45) is -4.53. The second-order valence-corrected chi connectivity index (χ2v) is 4.29. The number of rotatable bonds is 3. The lowest BCUT2D eigenvalue weighted by Gasteiger charge is -2.11. The fraction of sp³-hybridized carbons (Fsp3) is 0.231. The molecular formula is C13H11F3N2O3. The van der Waals surface area contributed by atoms with E-state index in [0.29, 0.717) is 0 Å². The van der Waals surface area contributed by atoms with E-state index in [9.17, 15) is 18.0 Å². The molecule has 0 amide bonds. The Labute approximate surface area is 117 Å². The highest BCUT2D eigenvalue weighted by Crippen LogP contribution is 2.35. The summed E-state index contributed by atoms with van der Waals surface area (Å²) in [4.78, 5) is 10.9. The van der Waals surface area contributed by atoms with Crippen molar-refractivity contribution in [3.05, 3.63) is 35.5 Å². The number of carbonyl (C=O) groups is 1. The summed E-state index contributed by atoms with van der Waals surface area (Å²) in [5.74, 6) is -1.23. The number of halogens is 3. The van der Waals surface area contributed by atoms with Gasteiger partial charge in [-0.25, -0.2) is 4.79 Å². The fourth-order valence-electron chi connectivity index (χ4n) is 1.87. The van der Waals surface area contributed by atoms with Crippen molar-refractivity contribution in [2.75, 3.05) is 7.11 Å². The van der Waals surface area contributed by atoms with Crippen LogP contribution in [0.15, 0.2) is 24.3 Å². The van der Waals surface area contributed by atoms with Crippen molar-refractivity contribution in [3.8, 4) is 17.0 Å². The summed E-state index contributed by atoms with van der Waals surface area (Å²) in [5, 5.41) is 12.6. The van der Waals surface area contributed by atoms with E-state index in [1.165, 1.54) is 31.0 Å². The van der Waals surface area contributed by atoms with Crippen molar-refractivity contribution in [1.82, 2.24) is 9.78 Å². The van der Waals surface area contributed by atoms with Crippen LogP contribution in [0.4, 0.5) is 13.2 Å². The summed E-state index contributed by atoms with van der Waals surface area (Å²) in [7, 11) is 2.71. The van der Waals surface area contributed by atoms with Gasteiger partial charge in [0, 0.05) is 12.6 Å². The number of hydrogen-bond donors (Lipinski definition) is 1. The zero-order chi connectivity index (χ0) is 15.8. The third kappa shape index (κ3) is 2.99. The smallest absolute Gasteiger partial charge is 0.416 e. The van der Waals surface area contributed by atoms with E-state index in [1.54, 1.807) is 0 Å². The molecule has 1 aromatic heterocycles. The standard InChI is InChI=1S/C13H11F3N2O3/c1-18-11(6-10(17-18)12(19)20)7-3-8(13(14,15)16)5-9(4-7)21-2/h3-6H,1-2H3,(H,19,20). The molecule has 2 rings (SSSR count). The molecule has 0 saturated heterocycles. The van der Waals surface area contributed by atoms with Crippen LogP contribution in [-0.4, -0.2) is 28.0 Å². The van der Waals surface area contributed by atoms with Gasteiger partial charge in [-0.1, -0.05) is 0 Å². The Hall–Kier alpha value is -2.51. The molecule has 0 unspecified atom stereocenters. The van der Waals surface area contributed by atoms with Crippen LogP contribution in [-0.2, 0) is 13.2 Å². The molecule has 112 valence electrons. The van der Waals surface area contributed by atoms with Gasteiger partial charge in [0.25, 0.3) is 0 Å². The van der Waals surface area contributed by atoms with Gasteiger partial charge in [0.1, 0.15) is 5.75 Å². The van der Waals surface area contributed by atoms with Crippen LogP contribution in [0, 0.1) is 0 Å². The Balaban J connectivity index is 2.60. The largest absolute Gasteiger partial charge is 0.497 e. The Morgan fingerprint density at radius 3 is 2.43 bits per heavy atom. The van der Waals surface area contributed by atoms with Gasteiger partial charge >= 0.3 is 12.1 Å². The molecule has 0 saturated carbocycles. The van der Waals surface area contributed by atoms with Crippen LogP contribution >= 0.6 is 0 Å². The van der Waals surface area contributed by atoms with E-state index < -0.39 is 17.7 Å². The van der Waals surface area contributed by atoms with Gasteiger partial charge in [0.05, 0.1) is 18.4 Å². The minimum atomic E-state index is -4.53. The lowest BCUT2D eigenvalue weighted by Crippen LogP contribution is -2.06. The van der Waals surface area contributed by atoms with Crippen molar-refractivity contribution >= 4 is 5.97 Å². The summed E-state index contributed by atoms with van der Waals surface area (Å²) < 4.78 is 44.7. The van der Waals surface area contributed by atoms with Crippen LogP contribution in [0.2, 0.25) is 0 Å². The van der Waals surface area contributed by atoms with E-state index in [4.69, 9.17) is 9.84 Å². The number of ether oxygens (including phenoxy) is 1. The molecule has 0 bridgehead atoms. The molecule has 1 N–H and O–H groups in total. The monoisotopic (exact) mass is 300 g/mol. The molecule has 0 fully saturated rings. The summed E-state index contributed by atoms with van der Waals surface area (Å²) >= 11 is 0. The van der Waals surface area contributed by atoms with Crippen molar-refractivity contribution in [2.45, 2.75) is 6.18 Å². The number of alkyl halides is 3. The third-order valence-electron chi connectivity index (χ3n) is 2.86. The summed E-state index contributed by atoms with van der Waals surface area (Å²) in [5.41, 5.74) is -0.709. The Bertz CT molecular complexity index is 692. The normalized spacial score (nSPS) is 11.5. The van der Waals surface area contributed by atoms with Gasteiger partial charge < -0.3 is 9.84 Å². The lowest BCUT2D eigenvalue weighted by molar-refractivity contribution is -0.137. The summed E-state index contributed by atoms with van der Waals surface area (Å²) in [6, 6.07) is 4.39. The van der Waals surface area contributed by atoms with E-state index in [0.717, 1.165) is 12.1 Å². The van der Waals surface area contributed by atoms with Crippen molar-refractivity contribution in [2.24, 2.45) is 7.05 Å². The topological polar surface area (TPSA) is 64.3 Å². The van der Waals surface area contributed by atoms with Gasteiger partial charge in [-0.3, -0.25) is 4.68 Å². The molecule has 0 aliphatic carbocycles. The molecule has 0 spiro atoms. The second-order valence-electron chi connectivity index (χ2n) is 4.29. The quantitative estimate of drug-likeness (QED) is 0.946. The van der Waals surface area contributed by atoms with Crippen LogP contribution in [0.1, 0.15) is 16.1 Å². The zero-order valence-corrected chi connectivity index (χ0v) is 11.1. The zero-order valence-electron chi connectivity index (χ0n) is 11.1. The molecule has 0 radical (unpaired) electrons. The highest BCUT2D eigenvalue weighted by atomic mass is 19.4. The number of nitrogens with zero attached hydrogens (tertiary/aromatic N) is 2. The van der Waals surface area contributed by atoms with Gasteiger partial charge in [-0.2, -0.15) is 18.3 Å². The minimum Gasteiger partial charge on any atom is -0.497 e. The first-order chi connectivity index (χ1) is 9.72. The van der Waals surface area contributed by atoms with Crippen LogP contribution < -0.4 is 4.74 Å². The minimum absolute atomic E-state index is 0.0258. The average molecular weight is 300 g/mol. The van der Waals surface area contributed by atoms with Gasteiger partial charge in [0.15, 0.2) is 5.69 Å². The molecule has 5 nitrogen and oxygen atoms in total. The number of aryl methyl sites for hydroxylation is 1. The Morgan fingerprint density at radius 1 is 1.29 bits per heavy atom. The van der Waals surface area contributed by atoms with E-state index >= 15 is 0 Å². The number of hydrogen-bond acceptors (Lipinski definition) is 3. The Kier molecular flexibility index (Phi) is 3.63. The first-order valence-electron chi connectivity index (χ1n) is 5.76. The van der Waals surface area contributed by atoms with Gasteiger partial charge in [0.2, 0.25) is 0 Å². The van der Waals surface area contributed by atoms with Crippen molar-refractivity contribution < 1.29 is 27.8 Å². The maximum absolute atomic E-state index is 12.9. The van der Waals surface area contributed by atoms with E-state index in [2.05, 4.69) is 5.10 Å². The third-order valence-corrected chi connectivity index (χ3v) is 2.86. The number of carboxylic acid groups (broad SMARTS) is 1. The van der Waals surface area contributed by atoms with E-state index in [1.807, 2.05) is 0 Å². The average Bonchev–Trinajstić information content (AvgIpc) is 2.79. The van der Waals surface area contributed by atoms with Gasteiger partial charge in [-0.05, 0) is 24.3 Å². The molecule has 0 atom stereocenters. The first-order valence-corrected chi connectivity index (χ1v) is 5.76.